The van der Waals surface area contributed by atoms with Crippen LogP contribution in [0.1, 0.15) is 34.8 Å². The molecule has 2 rings (SSSR count). The van der Waals surface area contributed by atoms with Gasteiger partial charge in [0.1, 0.15) is 6.10 Å². The Morgan fingerprint density at radius 1 is 0.842 bits per heavy atom. The second-order valence-electron chi connectivity index (χ2n) is 4.10. The van der Waals surface area contributed by atoms with Gasteiger partial charge in [-0.25, -0.2) is 8.78 Å². The molecule has 0 aliphatic rings. The normalized spacial score (nSPS) is 12.2. The molecule has 19 heavy (non-hydrogen) atoms. The number of hydrogen-bond donors (Lipinski definition) is 1. The highest BCUT2D eigenvalue weighted by Crippen LogP contribution is 2.25. The summed E-state index contributed by atoms with van der Waals surface area (Å²) < 4.78 is 24.8. The second-order valence-corrected chi connectivity index (χ2v) is 4.10. The number of rotatable bonds is 3. The van der Waals surface area contributed by atoms with Gasteiger partial charge in [0.25, 0.3) is 6.43 Å². The molecule has 4 heteroatoms. The first-order valence-electron chi connectivity index (χ1n) is 5.68. The Bertz CT molecular complexity index is 585. The van der Waals surface area contributed by atoms with Crippen LogP contribution >= 0.6 is 0 Å². The van der Waals surface area contributed by atoms with Gasteiger partial charge in [-0.05, 0) is 23.3 Å². The molecule has 0 saturated heterocycles. The Labute approximate surface area is 109 Å². The van der Waals surface area contributed by atoms with Crippen molar-refractivity contribution in [3.05, 3.63) is 70.8 Å². The summed E-state index contributed by atoms with van der Waals surface area (Å²) in [7, 11) is 0. The predicted molar refractivity (Wildman–Crippen MR) is 66.6 cm³/mol. The smallest absolute Gasteiger partial charge is 0.263 e. The number of halogens is 2. The molecule has 0 aliphatic carbocycles. The molecule has 0 bridgehead atoms. The number of alkyl halides is 2. The molecule has 2 aromatic rings. The fourth-order valence-electron chi connectivity index (χ4n) is 1.76. The van der Waals surface area contributed by atoms with E-state index in [0.29, 0.717) is 16.7 Å². The maximum Gasteiger partial charge on any atom is 0.263 e. The summed E-state index contributed by atoms with van der Waals surface area (Å²) in [6.07, 6.45) is -3.40. The van der Waals surface area contributed by atoms with Crippen LogP contribution in [-0.2, 0) is 0 Å². The number of nitriles is 1. The first-order chi connectivity index (χ1) is 9.11. The molecule has 0 heterocycles. The van der Waals surface area contributed by atoms with Crippen molar-refractivity contribution in [3.63, 3.8) is 0 Å². The van der Waals surface area contributed by atoms with Crippen LogP contribution in [0.15, 0.2) is 48.5 Å². The van der Waals surface area contributed by atoms with Crippen molar-refractivity contribution in [2.45, 2.75) is 12.5 Å². The van der Waals surface area contributed by atoms with Gasteiger partial charge in [0.2, 0.25) is 0 Å². The molecule has 0 radical (unpaired) electrons. The standard InChI is InChI=1S/C15H11F2NO/c16-15(17)13-7-5-12(6-8-13)14(19)11-3-1-10(9-18)2-4-11/h1-8,14-15,19H/t14-/m1/s1. The van der Waals surface area contributed by atoms with Gasteiger partial charge < -0.3 is 5.11 Å². The molecular weight excluding hydrogens is 248 g/mol. The van der Waals surface area contributed by atoms with E-state index in [1.807, 2.05) is 6.07 Å². The average molecular weight is 259 g/mol. The quantitative estimate of drug-likeness (QED) is 0.915. The molecule has 0 fully saturated rings. The van der Waals surface area contributed by atoms with Gasteiger partial charge >= 0.3 is 0 Å². The first-order valence-corrected chi connectivity index (χ1v) is 5.68. The van der Waals surface area contributed by atoms with E-state index in [4.69, 9.17) is 5.26 Å². The van der Waals surface area contributed by atoms with E-state index in [9.17, 15) is 13.9 Å². The highest BCUT2D eigenvalue weighted by Gasteiger charge is 2.12. The summed E-state index contributed by atoms with van der Waals surface area (Å²) in [5.74, 6) is 0. The highest BCUT2D eigenvalue weighted by atomic mass is 19.3. The molecule has 0 spiro atoms. The fourth-order valence-corrected chi connectivity index (χ4v) is 1.76. The Balaban J connectivity index is 2.23. The minimum atomic E-state index is -2.51. The summed E-state index contributed by atoms with van der Waals surface area (Å²) in [6, 6.07) is 14.0. The molecule has 0 aromatic heterocycles. The van der Waals surface area contributed by atoms with Gasteiger partial charge in [0, 0.05) is 5.56 Å². The van der Waals surface area contributed by atoms with E-state index in [1.54, 1.807) is 24.3 Å². The van der Waals surface area contributed by atoms with Crippen LogP contribution in [0.5, 0.6) is 0 Å². The molecule has 0 saturated carbocycles. The molecule has 96 valence electrons. The van der Waals surface area contributed by atoms with Crippen LogP contribution in [0.2, 0.25) is 0 Å². The van der Waals surface area contributed by atoms with Crippen molar-refractivity contribution in [2.24, 2.45) is 0 Å². The number of aliphatic hydroxyl groups excluding tert-OH is 1. The van der Waals surface area contributed by atoms with Crippen LogP contribution in [0, 0.1) is 11.3 Å². The SMILES string of the molecule is N#Cc1ccc([C@@H](O)c2ccc(C(F)F)cc2)cc1. The van der Waals surface area contributed by atoms with Gasteiger partial charge in [-0.2, -0.15) is 5.26 Å². The average Bonchev–Trinajstić information content (AvgIpc) is 2.46. The highest BCUT2D eigenvalue weighted by molar-refractivity contribution is 5.36. The van der Waals surface area contributed by atoms with Gasteiger partial charge in [-0.1, -0.05) is 36.4 Å². The number of benzene rings is 2. The van der Waals surface area contributed by atoms with Crippen molar-refractivity contribution >= 4 is 0 Å². The lowest BCUT2D eigenvalue weighted by molar-refractivity contribution is 0.151. The molecule has 0 aliphatic heterocycles. The van der Waals surface area contributed by atoms with E-state index in [2.05, 4.69) is 0 Å². The zero-order valence-electron chi connectivity index (χ0n) is 9.92. The maximum absolute atomic E-state index is 12.4. The van der Waals surface area contributed by atoms with Gasteiger partial charge in [0.05, 0.1) is 11.6 Å². The Morgan fingerprint density at radius 3 is 1.68 bits per heavy atom. The van der Waals surface area contributed by atoms with Crippen molar-refractivity contribution in [1.82, 2.24) is 0 Å². The summed E-state index contributed by atoms with van der Waals surface area (Å²) in [6.45, 7) is 0. The predicted octanol–water partition coefficient (Wildman–Crippen LogP) is 3.58. The minimum absolute atomic E-state index is 0.0734. The van der Waals surface area contributed by atoms with Crippen molar-refractivity contribution in [2.75, 3.05) is 0 Å². The van der Waals surface area contributed by atoms with Crippen molar-refractivity contribution in [1.29, 1.82) is 5.26 Å². The summed E-state index contributed by atoms with van der Waals surface area (Å²) in [4.78, 5) is 0. The van der Waals surface area contributed by atoms with Gasteiger partial charge in [-0.3, -0.25) is 0 Å². The van der Waals surface area contributed by atoms with Crippen LogP contribution in [0.25, 0.3) is 0 Å². The number of nitrogens with zero attached hydrogens (tertiary/aromatic N) is 1. The van der Waals surface area contributed by atoms with E-state index in [-0.39, 0.29) is 5.56 Å². The molecule has 1 atom stereocenters. The maximum atomic E-state index is 12.4. The minimum Gasteiger partial charge on any atom is -0.384 e. The number of hydrogen-bond acceptors (Lipinski definition) is 2. The topological polar surface area (TPSA) is 44.0 Å². The zero-order valence-corrected chi connectivity index (χ0v) is 9.92. The Morgan fingerprint density at radius 2 is 1.26 bits per heavy atom. The van der Waals surface area contributed by atoms with E-state index in [0.717, 1.165) is 0 Å². The molecule has 0 unspecified atom stereocenters. The Kier molecular flexibility index (Phi) is 3.88. The van der Waals surface area contributed by atoms with Crippen LogP contribution in [0.4, 0.5) is 8.78 Å². The molecular formula is C15H11F2NO. The van der Waals surface area contributed by atoms with E-state index < -0.39 is 12.5 Å². The lowest BCUT2D eigenvalue weighted by Gasteiger charge is -2.12. The van der Waals surface area contributed by atoms with Gasteiger partial charge in [-0.15, -0.1) is 0 Å². The second kappa shape index (κ2) is 5.59. The third-order valence-electron chi connectivity index (χ3n) is 2.86. The van der Waals surface area contributed by atoms with Gasteiger partial charge in [0.15, 0.2) is 0 Å². The third-order valence-corrected chi connectivity index (χ3v) is 2.86. The monoisotopic (exact) mass is 259 g/mol. The van der Waals surface area contributed by atoms with Crippen LogP contribution < -0.4 is 0 Å². The molecule has 1 N–H and O–H groups in total. The summed E-state index contributed by atoms with van der Waals surface area (Å²) >= 11 is 0. The molecule has 2 aromatic carbocycles. The van der Waals surface area contributed by atoms with Crippen LogP contribution in [-0.4, -0.2) is 5.11 Å². The van der Waals surface area contributed by atoms with Crippen molar-refractivity contribution < 1.29 is 13.9 Å². The Hall–Kier alpha value is -2.25. The zero-order chi connectivity index (χ0) is 13.8. The van der Waals surface area contributed by atoms with E-state index in [1.165, 1.54) is 24.3 Å². The van der Waals surface area contributed by atoms with Crippen molar-refractivity contribution in [3.8, 4) is 6.07 Å². The van der Waals surface area contributed by atoms with E-state index >= 15 is 0 Å². The molecule has 0 amide bonds. The van der Waals surface area contributed by atoms with Crippen LogP contribution in [0.3, 0.4) is 0 Å². The lowest BCUT2D eigenvalue weighted by atomic mass is 9.99. The molecule has 2 nitrogen and oxygen atoms in total. The summed E-state index contributed by atoms with van der Waals surface area (Å²) in [5.41, 5.74) is 1.58. The third kappa shape index (κ3) is 2.95. The largest absolute Gasteiger partial charge is 0.384 e. The number of aliphatic hydroxyl groups is 1. The lowest BCUT2D eigenvalue weighted by Crippen LogP contribution is -2.00. The fraction of sp³-hybridized carbons (Fsp3) is 0.133. The first kappa shape index (κ1) is 13.2. The summed E-state index contributed by atoms with van der Waals surface area (Å²) in [5, 5.41) is 18.8.